The van der Waals surface area contributed by atoms with E-state index in [0.29, 0.717) is 19.8 Å². The minimum absolute atomic E-state index is 0.00799. The Morgan fingerprint density at radius 2 is 2.20 bits per heavy atom. The lowest BCUT2D eigenvalue weighted by Gasteiger charge is -2.05. The van der Waals surface area contributed by atoms with E-state index >= 15 is 0 Å². The number of carbonyl (C=O) groups is 1. The van der Waals surface area contributed by atoms with Gasteiger partial charge in [-0.25, -0.2) is 0 Å². The molecule has 0 atom stereocenters. The van der Waals surface area contributed by atoms with E-state index in [1.165, 1.54) is 11.1 Å². The number of halogens is 1. The highest BCUT2D eigenvalue weighted by Crippen LogP contribution is 2.20. The molecule has 2 rings (SSSR count). The summed E-state index contributed by atoms with van der Waals surface area (Å²) >= 11 is 5.38. The number of fused-ring (bicyclic) bond motifs is 1. The number of amides is 1. The van der Waals surface area contributed by atoms with Crippen LogP contribution in [0, 0.1) is 0 Å². The SMILES string of the molecule is O=C(CCl)NCc1ccc2c(c1)COC2. The summed E-state index contributed by atoms with van der Waals surface area (Å²) in [6.45, 7) is 1.90. The Balaban J connectivity index is 2.01. The fourth-order valence-corrected chi connectivity index (χ4v) is 1.68. The first kappa shape index (κ1) is 10.5. The van der Waals surface area contributed by atoms with Crippen molar-refractivity contribution in [3.8, 4) is 0 Å². The van der Waals surface area contributed by atoms with E-state index in [-0.39, 0.29) is 11.8 Å². The van der Waals surface area contributed by atoms with E-state index < -0.39 is 0 Å². The molecule has 0 spiro atoms. The second kappa shape index (κ2) is 4.64. The Morgan fingerprint density at radius 3 is 3.00 bits per heavy atom. The van der Waals surface area contributed by atoms with Gasteiger partial charge in [-0.2, -0.15) is 0 Å². The number of hydrogen-bond acceptors (Lipinski definition) is 2. The van der Waals surface area contributed by atoms with Gasteiger partial charge in [-0.1, -0.05) is 18.2 Å². The van der Waals surface area contributed by atoms with Gasteiger partial charge in [0.1, 0.15) is 5.88 Å². The number of hydrogen-bond donors (Lipinski definition) is 1. The lowest BCUT2D eigenvalue weighted by atomic mass is 10.1. The Bertz CT molecular complexity index is 379. The Hall–Kier alpha value is -1.06. The zero-order valence-corrected chi connectivity index (χ0v) is 9.01. The highest BCUT2D eigenvalue weighted by Gasteiger charge is 2.11. The molecule has 15 heavy (non-hydrogen) atoms. The molecule has 0 fully saturated rings. The first-order valence-electron chi connectivity index (χ1n) is 4.80. The maximum atomic E-state index is 11.0. The first-order chi connectivity index (χ1) is 7.29. The van der Waals surface area contributed by atoms with Crippen molar-refractivity contribution in [3.05, 3.63) is 34.9 Å². The van der Waals surface area contributed by atoms with Gasteiger partial charge in [0.2, 0.25) is 5.91 Å². The Morgan fingerprint density at radius 1 is 1.40 bits per heavy atom. The molecular formula is C11H12ClNO2. The maximum Gasteiger partial charge on any atom is 0.235 e. The number of rotatable bonds is 3. The van der Waals surface area contributed by atoms with E-state index in [9.17, 15) is 4.79 Å². The van der Waals surface area contributed by atoms with Crippen LogP contribution in [0.5, 0.6) is 0 Å². The lowest BCUT2D eigenvalue weighted by molar-refractivity contribution is -0.118. The normalized spacial score (nSPS) is 13.7. The number of ether oxygens (including phenoxy) is 1. The average molecular weight is 226 g/mol. The predicted octanol–water partition coefficient (Wildman–Crippen LogP) is 1.57. The summed E-state index contributed by atoms with van der Waals surface area (Å²) in [6, 6.07) is 6.11. The molecule has 3 nitrogen and oxygen atoms in total. The monoisotopic (exact) mass is 225 g/mol. The molecule has 80 valence electrons. The summed E-state index contributed by atoms with van der Waals surface area (Å²) in [5.41, 5.74) is 3.53. The minimum Gasteiger partial charge on any atom is -0.372 e. The molecule has 1 aliphatic heterocycles. The Labute approximate surface area is 93.4 Å². The summed E-state index contributed by atoms with van der Waals surface area (Å²) in [5.74, 6) is -0.137. The zero-order valence-electron chi connectivity index (χ0n) is 8.25. The van der Waals surface area contributed by atoms with Crippen molar-refractivity contribution >= 4 is 17.5 Å². The zero-order chi connectivity index (χ0) is 10.7. The van der Waals surface area contributed by atoms with Crippen LogP contribution >= 0.6 is 11.6 Å². The maximum absolute atomic E-state index is 11.0. The van der Waals surface area contributed by atoms with Gasteiger partial charge in [-0.3, -0.25) is 4.79 Å². The second-order valence-electron chi connectivity index (χ2n) is 3.51. The van der Waals surface area contributed by atoms with Gasteiger partial charge in [0.05, 0.1) is 13.2 Å². The van der Waals surface area contributed by atoms with Crippen molar-refractivity contribution < 1.29 is 9.53 Å². The topological polar surface area (TPSA) is 38.3 Å². The highest BCUT2D eigenvalue weighted by molar-refractivity contribution is 6.27. The van der Waals surface area contributed by atoms with Gasteiger partial charge < -0.3 is 10.1 Å². The van der Waals surface area contributed by atoms with E-state index in [4.69, 9.17) is 16.3 Å². The smallest absolute Gasteiger partial charge is 0.235 e. The van der Waals surface area contributed by atoms with E-state index in [1.807, 2.05) is 12.1 Å². The van der Waals surface area contributed by atoms with Crippen LogP contribution in [0.1, 0.15) is 16.7 Å². The van der Waals surface area contributed by atoms with Gasteiger partial charge in [0.15, 0.2) is 0 Å². The van der Waals surface area contributed by atoms with Gasteiger partial charge in [0, 0.05) is 6.54 Å². The fourth-order valence-electron chi connectivity index (χ4n) is 1.58. The molecule has 1 aromatic rings. The predicted molar refractivity (Wildman–Crippen MR) is 57.5 cm³/mol. The number of nitrogens with one attached hydrogen (secondary N) is 1. The molecule has 1 N–H and O–H groups in total. The van der Waals surface area contributed by atoms with Gasteiger partial charge in [-0.15, -0.1) is 11.6 Å². The van der Waals surface area contributed by atoms with Crippen molar-refractivity contribution in [2.24, 2.45) is 0 Å². The highest BCUT2D eigenvalue weighted by atomic mass is 35.5. The van der Waals surface area contributed by atoms with Crippen LogP contribution in [0.4, 0.5) is 0 Å². The van der Waals surface area contributed by atoms with Crippen molar-refractivity contribution in [2.45, 2.75) is 19.8 Å². The summed E-state index contributed by atoms with van der Waals surface area (Å²) < 4.78 is 5.31. The molecule has 0 radical (unpaired) electrons. The van der Waals surface area contributed by atoms with Crippen LogP contribution < -0.4 is 5.32 Å². The molecule has 4 heteroatoms. The molecular weight excluding hydrogens is 214 g/mol. The molecule has 0 bridgehead atoms. The van der Waals surface area contributed by atoms with Gasteiger partial charge in [0.25, 0.3) is 0 Å². The minimum atomic E-state index is -0.145. The van der Waals surface area contributed by atoms with Crippen molar-refractivity contribution in [3.63, 3.8) is 0 Å². The molecule has 0 saturated carbocycles. The molecule has 0 aromatic heterocycles. The van der Waals surface area contributed by atoms with E-state index in [0.717, 1.165) is 5.56 Å². The van der Waals surface area contributed by atoms with Crippen molar-refractivity contribution in [2.75, 3.05) is 5.88 Å². The molecule has 1 aromatic carbocycles. The molecule has 0 aliphatic carbocycles. The average Bonchev–Trinajstić information content (AvgIpc) is 2.72. The van der Waals surface area contributed by atoms with Crippen LogP contribution in [-0.4, -0.2) is 11.8 Å². The third kappa shape index (κ3) is 2.49. The van der Waals surface area contributed by atoms with Crippen molar-refractivity contribution in [1.82, 2.24) is 5.32 Å². The van der Waals surface area contributed by atoms with Crippen LogP contribution in [0.25, 0.3) is 0 Å². The van der Waals surface area contributed by atoms with E-state index in [2.05, 4.69) is 11.4 Å². The van der Waals surface area contributed by atoms with Crippen LogP contribution in [0.3, 0.4) is 0 Å². The quantitative estimate of drug-likeness (QED) is 0.794. The standard InChI is InChI=1S/C11H12ClNO2/c12-4-11(14)13-5-8-1-2-9-6-15-7-10(9)3-8/h1-3H,4-7H2,(H,13,14). The van der Waals surface area contributed by atoms with E-state index in [1.54, 1.807) is 0 Å². The van der Waals surface area contributed by atoms with Crippen LogP contribution in [-0.2, 0) is 29.3 Å². The number of alkyl halides is 1. The largest absolute Gasteiger partial charge is 0.372 e. The first-order valence-corrected chi connectivity index (χ1v) is 5.34. The van der Waals surface area contributed by atoms with Gasteiger partial charge in [-0.05, 0) is 16.7 Å². The van der Waals surface area contributed by atoms with Crippen LogP contribution in [0.15, 0.2) is 18.2 Å². The summed E-state index contributed by atoms with van der Waals surface area (Å²) in [4.78, 5) is 11.0. The third-order valence-corrected chi connectivity index (χ3v) is 2.64. The third-order valence-electron chi connectivity index (χ3n) is 2.40. The number of benzene rings is 1. The molecule has 1 aliphatic rings. The molecule has 1 heterocycles. The molecule has 0 unspecified atom stereocenters. The Kier molecular flexibility index (Phi) is 3.23. The van der Waals surface area contributed by atoms with Crippen molar-refractivity contribution in [1.29, 1.82) is 0 Å². The molecule has 1 amide bonds. The number of carbonyl (C=O) groups excluding carboxylic acids is 1. The fraction of sp³-hybridized carbons (Fsp3) is 0.364. The summed E-state index contributed by atoms with van der Waals surface area (Å²) in [7, 11) is 0. The summed E-state index contributed by atoms with van der Waals surface area (Å²) in [5, 5.41) is 2.73. The van der Waals surface area contributed by atoms with Gasteiger partial charge >= 0.3 is 0 Å². The summed E-state index contributed by atoms with van der Waals surface area (Å²) in [6.07, 6.45) is 0. The second-order valence-corrected chi connectivity index (χ2v) is 3.77. The lowest BCUT2D eigenvalue weighted by Crippen LogP contribution is -2.23. The molecule has 0 saturated heterocycles. The van der Waals surface area contributed by atoms with Crippen LogP contribution in [0.2, 0.25) is 0 Å².